The first kappa shape index (κ1) is 17.1. The average molecular weight is 332 g/mol. The lowest BCUT2D eigenvalue weighted by atomic mass is 10.0. The van der Waals surface area contributed by atoms with Gasteiger partial charge in [0.2, 0.25) is 5.91 Å². The van der Waals surface area contributed by atoms with E-state index in [1.54, 1.807) is 32.6 Å². The number of nitrogens with zero attached hydrogens (tertiary/aromatic N) is 2. The first-order chi connectivity index (χ1) is 10.0. The van der Waals surface area contributed by atoms with E-state index in [1.165, 1.54) is 4.90 Å². The van der Waals surface area contributed by atoms with Crippen molar-refractivity contribution in [3.63, 3.8) is 0 Å². The minimum atomic E-state index is -3.26. The molecule has 2 fully saturated rings. The molecule has 0 aliphatic carbocycles. The number of hydrogen-bond donors (Lipinski definition) is 0. The molecule has 0 aromatic heterocycles. The number of amides is 2. The highest BCUT2D eigenvalue weighted by molar-refractivity contribution is 7.91. The van der Waals surface area contributed by atoms with Gasteiger partial charge in [0.25, 0.3) is 0 Å². The Morgan fingerprint density at radius 2 is 1.59 bits per heavy atom. The molecule has 0 N–H and O–H groups in total. The van der Waals surface area contributed by atoms with E-state index in [1.807, 2.05) is 0 Å². The van der Waals surface area contributed by atoms with Crippen molar-refractivity contribution in [2.24, 2.45) is 0 Å². The van der Waals surface area contributed by atoms with Crippen LogP contribution in [-0.4, -0.2) is 72.5 Å². The quantitative estimate of drug-likeness (QED) is 0.704. The maximum atomic E-state index is 12.3. The molecule has 126 valence electrons. The topological polar surface area (TPSA) is 84.0 Å². The van der Waals surface area contributed by atoms with Gasteiger partial charge >= 0.3 is 6.09 Å². The third-order valence-electron chi connectivity index (χ3n) is 3.93. The van der Waals surface area contributed by atoms with Gasteiger partial charge in [-0.1, -0.05) is 6.92 Å². The normalized spacial score (nSPS) is 27.5. The van der Waals surface area contributed by atoms with E-state index >= 15 is 0 Å². The van der Waals surface area contributed by atoms with Crippen molar-refractivity contribution in [2.45, 2.75) is 51.8 Å². The number of sulfone groups is 1. The minimum Gasteiger partial charge on any atom is -0.444 e. The van der Waals surface area contributed by atoms with E-state index in [-0.39, 0.29) is 17.4 Å². The van der Waals surface area contributed by atoms with E-state index in [0.717, 1.165) is 0 Å². The highest BCUT2D eigenvalue weighted by atomic mass is 32.2. The number of piperazine rings is 1. The number of hydrogen-bond acceptors (Lipinski definition) is 5. The second kappa shape index (κ2) is 5.72. The van der Waals surface area contributed by atoms with Crippen molar-refractivity contribution >= 4 is 21.8 Å². The second-order valence-electron chi connectivity index (χ2n) is 6.83. The Bertz CT molecular complexity index is 566. The van der Waals surface area contributed by atoms with Crippen LogP contribution in [0.3, 0.4) is 0 Å². The molecule has 0 unspecified atom stereocenters. The fraction of sp³-hybridized carbons (Fsp3) is 0.857. The second-order valence-corrected chi connectivity index (χ2v) is 8.98. The average Bonchev–Trinajstić information content (AvgIpc) is 2.69. The Hall–Kier alpha value is -1.31. The lowest BCUT2D eigenvalue weighted by Gasteiger charge is -2.43. The zero-order chi connectivity index (χ0) is 16.7. The van der Waals surface area contributed by atoms with Crippen molar-refractivity contribution in [3.05, 3.63) is 0 Å². The fourth-order valence-corrected chi connectivity index (χ4v) is 4.99. The van der Waals surface area contributed by atoms with Crippen LogP contribution in [0.25, 0.3) is 0 Å². The first-order valence-corrected chi connectivity index (χ1v) is 9.36. The van der Waals surface area contributed by atoms with E-state index < -0.39 is 33.6 Å². The molecule has 0 radical (unpaired) electrons. The summed E-state index contributed by atoms with van der Waals surface area (Å²) in [5.74, 6) is -0.261. The molecule has 2 atom stereocenters. The Morgan fingerprint density at radius 3 is 2.09 bits per heavy atom. The van der Waals surface area contributed by atoms with Gasteiger partial charge in [-0.25, -0.2) is 13.2 Å². The molecule has 2 amide bonds. The molecular formula is C14H24N2O5S. The summed E-state index contributed by atoms with van der Waals surface area (Å²) >= 11 is 0. The van der Waals surface area contributed by atoms with E-state index in [0.29, 0.717) is 19.5 Å². The summed E-state index contributed by atoms with van der Waals surface area (Å²) in [5, 5.41) is 0. The summed E-state index contributed by atoms with van der Waals surface area (Å²) in [7, 11) is -3.26. The number of ether oxygens (including phenoxy) is 1. The number of rotatable bonds is 1. The van der Waals surface area contributed by atoms with Gasteiger partial charge in [-0.05, 0) is 20.8 Å². The van der Waals surface area contributed by atoms with Crippen LogP contribution in [0.5, 0.6) is 0 Å². The van der Waals surface area contributed by atoms with Gasteiger partial charge in [0.15, 0.2) is 9.84 Å². The molecule has 2 heterocycles. The maximum Gasteiger partial charge on any atom is 0.410 e. The predicted molar refractivity (Wildman–Crippen MR) is 81.2 cm³/mol. The van der Waals surface area contributed by atoms with Gasteiger partial charge < -0.3 is 14.5 Å². The number of fused-ring (bicyclic) bond motifs is 1. The van der Waals surface area contributed by atoms with E-state index in [2.05, 4.69) is 0 Å². The monoisotopic (exact) mass is 332 g/mol. The molecule has 0 aromatic rings. The van der Waals surface area contributed by atoms with Crippen LogP contribution in [0.2, 0.25) is 0 Å². The molecule has 8 heteroatoms. The van der Waals surface area contributed by atoms with Crippen molar-refractivity contribution in [1.82, 2.24) is 9.80 Å². The van der Waals surface area contributed by atoms with Gasteiger partial charge in [-0.15, -0.1) is 0 Å². The zero-order valence-electron chi connectivity index (χ0n) is 13.5. The molecule has 2 aliphatic rings. The van der Waals surface area contributed by atoms with Crippen LogP contribution in [0.15, 0.2) is 0 Å². The molecule has 7 nitrogen and oxygen atoms in total. The highest BCUT2D eigenvalue weighted by Crippen LogP contribution is 2.28. The van der Waals surface area contributed by atoms with Gasteiger partial charge in [-0.3, -0.25) is 4.79 Å². The van der Waals surface area contributed by atoms with Crippen LogP contribution in [0.4, 0.5) is 4.79 Å². The predicted octanol–water partition coefficient (Wildman–Crippen LogP) is 0.641. The largest absolute Gasteiger partial charge is 0.444 e. The molecular weight excluding hydrogens is 308 g/mol. The van der Waals surface area contributed by atoms with Crippen LogP contribution in [-0.2, 0) is 19.4 Å². The summed E-state index contributed by atoms with van der Waals surface area (Å²) in [6.45, 7) is 7.71. The third kappa shape index (κ3) is 3.53. The number of carbonyl (C=O) groups is 2. The van der Waals surface area contributed by atoms with Gasteiger partial charge in [-0.2, -0.15) is 0 Å². The Labute approximate surface area is 131 Å². The molecule has 2 aliphatic heterocycles. The molecule has 2 saturated heterocycles. The van der Waals surface area contributed by atoms with Gasteiger partial charge in [0.05, 0.1) is 23.6 Å². The summed E-state index contributed by atoms with van der Waals surface area (Å²) < 4.78 is 29.3. The molecule has 22 heavy (non-hydrogen) atoms. The molecule has 0 spiro atoms. The molecule has 2 rings (SSSR count). The first-order valence-electron chi connectivity index (χ1n) is 7.53. The van der Waals surface area contributed by atoms with Crippen molar-refractivity contribution in [2.75, 3.05) is 24.6 Å². The summed E-state index contributed by atoms with van der Waals surface area (Å²) in [4.78, 5) is 27.4. The van der Waals surface area contributed by atoms with E-state index in [4.69, 9.17) is 4.74 Å². The van der Waals surface area contributed by atoms with Crippen LogP contribution in [0, 0.1) is 0 Å². The maximum absolute atomic E-state index is 12.3. The van der Waals surface area contributed by atoms with E-state index in [9.17, 15) is 18.0 Å². The van der Waals surface area contributed by atoms with Crippen molar-refractivity contribution < 1.29 is 22.7 Å². The third-order valence-corrected chi connectivity index (χ3v) is 5.63. The Kier molecular flexibility index (Phi) is 4.43. The summed E-state index contributed by atoms with van der Waals surface area (Å²) in [5.41, 5.74) is -0.638. The lowest BCUT2D eigenvalue weighted by molar-refractivity contribution is -0.136. The van der Waals surface area contributed by atoms with Crippen molar-refractivity contribution in [3.8, 4) is 0 Å². The fourth-order valence-electron chi connectivity index (χ4n) is 3.01. The van der Waals surface area contributed by atoms with Crippen LogP contribution >= 0.6 is 0 Å². The SMILES string of the molecule is CCC(=O)N1CCN(C(=O)OC(C)(C)C)[C@H]2CS(=O)(=O)C[C@H]21. The number of carbonyl (C=O) groups excluding carboxylic acids is 2. The Balaban J connectivity index is 2.23. The zero-order valence-corrected chi connectivity index (χ0v) is 14.4. The smallest absolute Gasteiger partial charge is 0.410 e. The highest BCUT2D eigenvalue weighted by Gasteiger charge is 2.49. The minimum absolute atomic E-state index is 0.0732. The van der Waals surface area contributed by atoms with Crippen molar-refractivity contribution in [1.29, 1.82) is 0 Å². The van der Waals surface area contributed by atoms with Gasteiger partial charge in [0.1, 0.15) is 5.60 Å². The van der Waals surface area contributed by atoms with Gasteiger partial charge in [0, 0.05) is 19.5 Å². The lowest BCUT2D eigenvalue weighted by Crippen LogP contribution is -2.62. The summed E-state index contributed by atoms with van der Waals surface area (Å²) in [6.07, 6.45) is -0.182. The van der Waals surface area contributed by atoms with Crippen LogP contribution in [0.1, 0.15) is 34.1 Å². The summed E-state index contributed by atoms with van der Waals surface area (Å²) in [6, 6.07) is -0.970. The molecule has 0 aromatic carbocycles. The van der Waals surface area contributed by atoms with Crippen LogP contribution < -0.4 is 0 Å². The molecule has 0 bridgehead atoms. The standard InChI is InChI=1S/C14H24N2O5S/c1-5-12(17)15-6-7-16(13(18)21-14(2,3)4)11-9-22(19,20)8-10(11)15/h10-11H,5-9H2,1-4H3/t10-,11+/m1/s1. The Morgan fingerprint density at radius 1 is 1.09 bits per heavy atom. The molecule has 0 saturated carbocycles.